The van der Waals surface area contributed by atoms with E-state index in [4.69, 9.17) is 4.74 Å². The maximum absolute atomic E-state index is 11.1. The lowest BCUT2D eigenvalue weighted by molar-refractivity contribution is -0.385. The molecule has 0 aliphatic heterocycles. The van der Waals surface area contributed by atoms with Gasteiger partial charge in [0.05, 0.1) is 19.6 Å². The van der Waals surface area contributed by atoms with Gasteiger partial charge in [0.15, 0.2) is 6.29 Å². The van der Waals surface area contributed by atoms with Gasteiger partial charge in [-0.25, -0.2) is 0 Å². The van der Waals surface area contributed by atoms with E-state index >= 15 is 0 Å². The molecule has 21 heavy (non-hydrogen) atoms. The van der Waals surface area contributed by atoms with Crippen molar-refractivity contribution in [3.63, 3.8) is 0 Å². The Hall–Kier alpha value is -1.23. The molecule has 0 aliphatic carbocycles. The molecule has 0 aliphatic rings. The summed E-state index contributed by atoms with van der Waals surface area (Å²) >= 11 is 4.19. The molecule has 0 saturated heterocycles. The smallest absolute Gasteiger partial charge is 0.276 e. The van der Waals surface area contributed by atoms with Gasteiger partial charge < -0.3 is 4.74 Å². The fourth-order valence-corrected chi connectivity index (χ4v) is 3.83. The topological polar surface area (TPSA) is 69.4 Å². The first kappa shape index (κ1) is 16.1. The second-order valence-corrected chi connectivity index (χ2v) is 6.51. The zero-order chi connectivity index (χ0) is 15.4. The first-order valence-corrected chi connectivity index (χ1v) is 7.98. The van der Waals surface area contributed by atoms with E-state index in [1.807, 2.05) is 6.07 Å². The van der Waals surface area contributed by atoms with Gasteiger partial charge >= 0.3 is 0 Å². The van der Waals surface area contributed by atoms with Crippen LogP contribution in [0.25, 0.3) is 0 Å². The van der Waals surface area contributed by atoms with Crippen LogP contribution < -0.4 is 4.74 Å². The predicted molar refractivity (Wildman–Crippen MR) is 94.7 cm³/mol. The van der Waals surface area contributed by atoms with Gasteiger partial charge in [-0.3, -0.25) is 14.9 Å². The third-order valence-electron chi connectivity index (χ3n) is 2.72. The number of carbonyl (C=O) groups is 1. The second-order valence-electron chi connectivity index (χ2n) is 4.10. The summed E-state index contributed by atoms with van der Waals surface area (Å²) in [6.07, 6.45) is 0.721. The summed E-state index contributed by atoms with van der Waals surface area (Å²) in [7, 11) is 0. The highest BCUT2D eigenvalue weighted by Gasteiger charge is 2.15. The molecule has 0 heterocycles. The molecule has 0 bridgehead atoms. The minimum absolute atomic E-state index is 0.00525. The summed E-state index contributed by atoms with van der Waals surface area (Å²) in [6, 6.07) is 9.97. The molecule has 0 atom stereocenters. The van der Waals surface area contributed by atoms with Crippen molar-refractivity contribution in [1.29, 1.82) is 0 Å². The van der Waals surface area contributed by atoms with Gasteiger partial charge in [0.2, 0.25) is 0 Å². The molecular weight excluding hydrogens is 500 g/mol. The molecule has 0 aromatic heterocycles. The van der Waals surface area contributed by atoms with Crippen LogP contribution in [-0.2, 0) is 6.61 Å². The van der Waals surface area contributed by atoms with Crippen molar-refractivity contribution >= 4 is 57.2 Å². The molecule has 2 aromatic rings. The first-order chi connectivity index (χ1) is 10.0. The summed E-state index contributed by atoms with van der Waals surface area (Å²) < 4.78 is 7.36. The van der Waals surface area contributed by atoms with Crippen LogP contribution in [0, 0.1) is 17.3 Å². The van der Waals surface area contributed by atoms with Crippen LogP contribution in [0.3, 0.4) is 0 Å². The zero-order valence-corrected chi connectivity index (χ0v) is 14.9. The van der Waals surface area contributed by atoms with E-state index in [9.17, 15) is 14.9 Å². The number of rotatable bonds is 5. The fraction of sp³-hybridized carbons (Fsp3) is 0.0714. The van der Waals surface area contributed by atoms with Gasteiger partial charge in [-0.1, -0.05) is 12.1 Å². The Bertz CT molecular complexity index is 703. The summed E-state index contributed by atoms with van der Waals surface area (Å²) in [5.41, 5.74) is 0.907. The number of benzene rings is 2. The van der Waals surface area contributed by atoms with Crippen LogP contribution in [0.1, 0.15) is 15.9 Å². The van der Waals surface area contributed by atoms with E-state index < -0.39 is 4.92 Å². The molecule has 0 amide bonds. The highest BCUT2D eigenvalue weighted by atomic mass is 127. The third kappa shape index (κ3) is 3.90. The van der Waals surface area contributed by atoms with Gasteiger partial charge in [-0.2, -0.15) is 0 Å². The third-order valence-corrected chi connectivity index (χ3v) is 4.15. The zero-order valence-electron chi connectivity index (χ0n) is 10.6. The summed E-state index contributed by atoms with van der Waals surface area (Å²) in [6.45, 7) is 0.0363. The number of carbonyl (C=O) groups excluding carboxylic acids is 1. The minimum atomic E-state index is -0.446. The molecule has 0 spiro atoms. The second kappa shape index (κ2) is 7.16. The number of para-hydroxylation sites is 1. The van der Waals surface area contributed by atoms with Crippen LogP contribution in [0.5, 0.6) is 5.75 Å². The summed E-state index contributed by atoms with van der Waals surface area (Å²) in [4.78, 5) is 21.6. The summed E-state index contributed by atoms with van der Waals surface area (Å²) in [5.74, 6) is 0.448. The van der Waals surface area contributed by atoms with Crippen LogP contribution in [0.2, 0.25) is 0 Å². The van der Waals surface area contributed by atoms with Crippen molar-refractivity contribution in [2.45, 2.75) is 6.61 Å². The van der Waals surface area contributed by atoms with Gasteiger partial charge in [0.1, 0.15) is 12.4 Å². The van der Waals surface area contributed by atoms with E-state index in [1.165, 1.54) is 6.07 Å². The van der Waals surface area contributed by atoms with Crippen molar-refractivity contribution in [3.8, 4) is 5.75 Å². The van der Waals surface area contributed by atoms with E-state index in [2.05, 4.69) is 45.2 Å². The fourth-order valence-electron chi connectivity index (χ4n) is 1.78. The van der Waals surface area contributed by atoms with Crippen LogP contribution in [-0.4, -0.2) is 11.2 Å². The average molecular weight is 509 g/mol. The van der Waals surface area contributed by atoms with E-state index in [1.54, 1.807) is 24.3 Å². The maximum Gasteiger partial charge on any atom is 0.276 e. The van der Waals surface area contributed by atoms with Gasteiger partial charge in [0.25, 0.3) is 5.69 Å². The molecule has 2 rings (SSSR count). The van der Waals surface area contributed by atoms with E-state index in [0.717, 1.165) is 13.4 Å². The molecule has 0 radical (unpaired) electrons. The van der Waals surface area contributed by atoms with Gasteiger partial charge in [0, 0.05) is 9.64 Å². The predicted octanol–water partition coefficient (Wildman–Crippen LogP) is 4.20. The number of aldehydes is 1. The number of hydrogen-bond donors (Lipinski definition) is 0. The van der Waals surface area contributed by atoms with E-state index in [0.29, 0.717) is 16.9 Å². The SMILES string of the molecule is O=Cc1cc(I)cc(I)c1OCc1ccccc1[N+](=O)[O-]. The molecule has 0 fully saturated rings. The Morgan fingerprint density at radius 3 is 2.62 bits per heavy atom. The van der Waals surface area contributed by atoms with Crippen LogP contribution >= 0.6 is 45.2 Å². The minimum Gasteiger partial charge on any atom is -0.487 e. The van der Waals surface area contributed by atoms with Crippen molar-refractivity contribution in [1.82, 2.24) is 0 Å². The molecule has 0 saturated carbocycles. The number of ether oxygens (including phenoxy) is 1. The number of nitro groups is 1. The molecule has 2 aromatic carbocycles. The normalized spacial score (nSPS) is 10.2. The number of halogens is 2. The van der Waals surface area contributed by atoms with E-state index in [-0.39, 0.29) is 12.3 Å². The Balaban J connectivity index is 2.29. The number of nitrogens with zero attached hydrogens (tertiary/aromatic N) is 1. The van der Waals surface area contributed by atoms with Crippen LogP contribution in [0.15, 0.2) is 36.4 Å². The lowest BCUT2D eigenvalue weighted by Crippen LogP contribution is -2.03. The lowest BCUT2D eigenvalue weighted by Gasteiger charge is -2.11. The number of nitro benzene ring substituents is 1. The highest BCUT2D eigenvalue weighted by molar-refractivity contribution is 14.1. The Morgan fingerprint density at radius 1 is 1.24 bits per heavy atom. The molecular formula is C14H9I2NO4. The molecule has 108 valence electrons. The highest BCUT2D eigenvalue weighted by Crippen LogP contribution is 2.29. The Kier molecular flexibility index (Phi) is 5.51. The first-order valence-electron chi connectivity index (χ1n) is 5.82. The van der Waals surface area contributed by atoms with Crippen molar-refractivity contribution < 1.29 is 14.5 Å². The van der Waals surface area contributed by atoms with Crippen LogP contribution in [0.4, 0.5) is 5.69 Å². The standard InChI is InChI=1S/C14H9I2NO4/c15-11-5-10(7-18)14(12(16)6-11)21-8-9-3-1-2-4-13(9)17(19)20/h1-7H,8H2. The Morgan fingerprint density at radius 2 is 1.95 bits per heavy atom. The number of hydrogen-bond acceptors (Lipinski definition) is 4. The molecule has 5 nitrogen and oxygen atoms in total. The quantitative estimate of drug-likeness (QED) is 0.263. The summed E-state index contributed by atoms with van der Waals surface area (Å²) in [5, 5.41) is 11.0. The molecule has 0 N–H and O–H groups in total. The van der Waals surface area contributed by atoms with Crippen molar-refractivity contribution in [2.75, 3.05) is 0 Å². The van der Waals surface area contributed by atoms with Gasteiger partial charge in [-0.15, -0.1) is 0 Å². The molecule has 0 unspecified atom stereocenters. The van der Waals surface area contributed by atoms with Crippen molar-refractivity contribution in [3.05, 3.63) is 64.8 Å². The monoisotopic (exact) mass is 509 g/mol. The van der Waals surface area contributed by atoms with Gasteiger partial charge in [-0.05, 0) is 63.4 Å². The largest absolute Gasteiger partial charge is 0.487 e. The molecule has 7 heteroatoms. The maximum atomic E-state index is 11.1. The Labute approximate surface area is 148 Å². The average Bonchev–Trinajstić information content (AvgIpc) is 2.45. The van der Waals surface area contributed by atoms with Crippen molar-refractivity contribution in [2.24, 2.45) is 0 Å². The lowest BCUT2D eigenvalue weighted by atomic mass is 10.2.